The summed E-state index contributed by atoms with van der Waals surface area (Å²) in [6.07, 6.45) is 6.52. The van der Waals surface area contributed by atoms with Gasteiger partial charge in [-0.1, -0.05) is 19.1 Å². The van der Waals surface area contributed by atoms with Crippen LogP contribution in [-0.4, -0.2) is 42.3 Å². The van der Waals surface area contributed by atoms with Gasteiger partial charge >= 0.3 is 5.97 Å². The average molecular weight is 426 g/mol. The Hall–Kier alpha value is -2.01. The standard InChI is InChI=1S/C26H35NO4/c1-15-6-5-8-26(3)13-24-19(11-21(15)26)20(25(29)31-24)14-27-9-7-17-10-22(28)23(30-4)12-18(17)16(27)2/h10,12,16,19-21,24,28H,1,5-9,11,13-14H2,2-4H3/t16-,19+,20+,21-,24+,26+/m0/s1. The van der Waals surface area contributed by atoms with E-state index in [1.165, 1.54) is 29.5 Å². The molecule has 0 aromatic heterocycles. The van der Waals surface area contributed by atoms with E-state index >= 15 is 0 Å². The van der Waals surface area contributed by atoms with Crippen molar-refractivity contribution in [1.82, 2.24) is 4.90 Å². The van der Waals surface area contributed by atoms with E-state index < -0.39 is 0 Å². The zero-order valence-electron chi connectivity index (χ0n) is 19.0. The molecule has 1 aromatic carbocycles. The highest BCUT2D eigenvalue weighted by Crippen LogP contribution is 2.57. The summed E-state index contributed by atoms with van der Waals surface area (Å²) < 4.78 is 11.3. The maximum Gasteiger partial charge on any atom is 0.310 e. The van der Waals surface area contributed by atoms with Crippen LogP contribution in [0.3, 0.4) is 0 Å². The Labute approximate surface area is 185 Å². The minimum absolute atomic E-state index is 0.0101. The average Bonchev–Trinajstić information content (AvgIpc) is 3.02. The summed E-state index contributed by atoms with van der Waals surface area (Å²) in [7, 11) is 1.58. The summed E-state index contributed by atoms with van der Waals surface area (Å²) in [4.78, 5) is 15.4. The lowest BCUT2D eigenvalue weighted by Crippen LogP contribution is -2.46. The lowest BCUT2D eigenvalue weighted by molar-refractivity contribution is -0.146. The molecule has 2 aliphatic heterocycles. The molecule has 5 heteroatoms. The number of fused-ring (bicyclic) bond motifs is 3. The summed E-state index contributed by atoms with van der Waals surface area (Å²) >= 11 is 0. The van der Waals surface area contributed by atoms with Crippen LogP contribution in [-0.2, 0) is 16.0 Å². The number of rotatable bonds is 3. The van der Waals surface area contributed by atoms with Gasteiger partial charge in [-0.3, -0.25) is 9.69 Å². The summed E-state index contributed by atoms with van der Waals surface area (Å²) in [5, 5.41) is 10.1. The number of methoxy groups -OCH3 is 1. The number of phenols is 1. The smallest absolute Gasteiger partial charge is 0.310 e. The van der Waals surface area contributed by atoms with Gasteiger partial charge in [0.05, 0.1) is 13.0 Å². The van der Waals surface area contributed by atoms with Crippen LogP contribution >= 0.6 is 0 Å². The van der Waals surface area contributed by atoms with E-state index in [0.717, 1.165) is 38.8 Å². The van der Waals surface area contributed by atoms with Gasteiger partial charge < -0.3 is 14.6 Å². The van der Waals surface area contributed by atoms with Crippen molar-refractivity contribution in [3.05, 3.63) is 35.4 Å². The molecular formula is C26H35NO4. The zero-order chi connectivity index (χ0) is 21.9. The molecule has 6 atom stereocenters. The van der Waals surface area contributed by atoms with Crippen LogP contribution in [0.15, 0.2) is 24.3 Å². The Kier molecular flexibility index (Phi) is 5.08. The van der Waals surface area contributed by atoms with Crippen molar-refractivity contribution >= 4 is 5.97 Å². The van der Waals surface area contributed by atoms with E-state index in [-0.39, 0.29) is 35.2 Å². The molecule has 0 spiro atoms. The molecule has 2 heterocycles. The van der Waals surface area contributed by atoms with Gasteiger partial charge in [0.25, 0.3) is 0 Å². The number of hydrogen-bond acceptors (Lipinski definition) is 5. The van der Waals surface area contributed by atoms with Crippen molar-refractivity contribution in [2.24, 2.45) is 23.2 Å². The van der Waals surface area contributed by atoms with E-state index in [0.29, 0.717) is 17.6 Å². The molecule has 5 rings (SSSR count). The first kappa shape index (κ1) is 20.9. The van der Waals surface area contributed by atoms with Crippen molar-refractivity contribution < 1.29 is 19.4 Å². The monoisotopic (exact) mass is 425 g/mol. The van der Waals surface area contributed by atoms with Crippen molar-refractivity contribution in [3.8, 4) is 11.5 Å². The maximum atomic E-state index is 13.0. The zero-order valence-corrected chi connectivity index (χ0v) is 19.0. The second-order valence-electron chi connectivity index (χ2n) is 10.5. The van der Waals surface area contributed by atoms with Gasteiger partial charge in [-0.2, -0.15) is 0 Å². The summed E-state index contributed by atoms with van der Waals surface area (Å²) in [6.45, 7) is 10.6. The number of ether oxygens (including phenoxy) is 2. The lowest BCUT2D eigenvalue weighted by Gasteiger charge is -2.50. The largest absolute Gasteiger partial charge is 0.504 e. The van der Waals surface area contributed by atoms with Crippen LogP contribution in [0.25, 0.3) is 0 Å². The van der Waals surface area contributed by atoms with Gasteiger partial charge in [0.2, 0.25) is 0 Å². The first-order valence-electron chi connectivity index (χ1n) is 11.8. The Bertz CT molecular complexity index is 911. The lowest BCUT2D eigenvalue weighted by atomic mass is 9.55. The molecule has 2 aliphatic carbocycles. The van der Waals surface area contributed by atoms with Gasteiger partial charge in [0.15, 0.2) is 11.5 Å². The highest BCUT2D eigenvalue weighted by Gasteiger charge is 2.55. The van der Waals surface area contributed by atoms with Crippen LogP contribution in [0.1, 0.15) is 63.1 Å². The second-order valence-corrected chi connectivity index (χ2v) is 10.5. The van der Waals surface area contributed by atoms with Crippen molar-refractivity contribution in [1.29, 1.82) is 0 Å². The Morgan fingerprint density at radius 2 is 2.16 bits per heavy atom. The molecule has 1 saturated heterocycles. The molecule has 5 nitrogen and oxygen atoms in total. The highest BCUT2D eigenvalue weighted by molar-refractivity contribution is 5.75. The second kappa shape index (κ2) is 7.54. The number of aromatic hydroxyl groups is 1. The number of carbonyl (C=O) groups excluding carboxylic acids is 1. The van der Waals surface area contributed by atoms with Gasteiger partial charge in [0.1, 0.15) is 6.10 Å². The normalized spacial score (nSPS) is 37.6. The van der Waals surface area contributed by atoms with Gasteiger partial charge in [0, 0.05) is 25.0 Å². The van der Waals surface area contributed by atoms with Crippen molar-refractivity contribution in [2.75, 3.05) is 20.2 Å². The van der Waals surface area contributed by atoms with Gasteiger partial charge in [-0.05, 0) is 80.0 Å². The van der Waals surface area contributed by atoms with E-state index in [1.807, 2.05) is 12.1 Å². The molecule has 3 fully saturated rings. The van der Waals surface area contributed by atoms with Crippen molar-refractivity contribution in [2.45, 2.75) is 64.5 Å². The molecular weight excluding hydrogens is 390 g/mol. The minimum atomic E-state index is -0.0627. The quantitative estimate of drug-likeness (QED) is 0.565. The van der Waals surface area contributed by atoms with E-state index in [1.54, 1.807) is 7.11 Å². The molecule has 0 unspecified atom stereocenters. The third-order valence-corrected chi connectivity index (χ3v) is 8.86. The summed E-state index contributed by atoms with van der Waals surface area (Å²) in [5.41, 5.74) is 3.97. The van der Waals surface area contributed by atoms with E-state index in [2.05, 4.69) is 25.3 Å². The molecule has 1 N–H and O–H groups in total. The van der Waals surface area contributed by atoms with E-state index in [9.17, 15) is 9.90 Å². The number of esters is 1. The topological polar surface area (TPSA) is 59.0 Å². The minimum Gasteiger partial charge on any atom is -0.504 e. The van der Waals surface area contributed by atoms with Crippen LogP contribution in [0.5, 0.6) is 11.5 Å². The first-order chi connectivity index (χ1) is 14.8. The predicted octanol–water partition coefficient (Wildman–Crippen LogP) is 4.63. The van der Waals surface area contributed by atoms with Crippen LogP contribution < -0.4 is 4.74 Å². The Morgan fingerprint density at radius 1 is 1.35 bits per heavy atom. The maximum absolute atomic E-state index is 13.0. The molecule has 1 aromatic rings. The Balaban J connectivity index is 1.36. The van der Waals surface area contributed by atoms with Crippen LogP contribution in [0.2, 0.25) is 0 Å². The third-order valence-electron chi connectivity index (χ3n) is 8.86. The molecule has 31 heavy (non-hydrogen) atoms. The molecule has 4 aliphatic rings. The SMILES string of the molecule is C=C1CCC[C@]2(C)C[C@H]3OC(=O)[C@H](CN4CCc5cc(O)c(OC)cc5[C@@H]4C)[C@H]3C[C@@H]12. The fourth-order valence-corrected chi connectivity index (χ4v) is 7.02. The van der Waals surface area contributed by atoms with Crippen LogP contribution in [0.4, 0.5) is 0 Å². The summed E-state index contributed by atoms with van der Waals surface area (Å²) in [5.74, 6) is 1.45. The van der Waals surface area contributed by atoms with Crippen molar-refractivity contribution in [3.63, 3.8) is 0 Å². The third kappa shape index (κ3) is 3.36. The molecule has 0 amide bonds. The number of nitrogens with zero attached hydrogens (tertiary/aromatic N) is 1. The first-order valence-corrected chi connectivity index (χ1v) is 11.8. The predicted molar refractivity (Wildman–Crippen MR) is 119 cm³/mol. The number of allylic oxidation sites excluding steroid dienone is 1. The number of hydrogen-bond donors (Lipinski definition) is 1. The molecule has 168 valence electrons. The fourth-order valence-electron chi connectivity index (χ4n) is 7.02. The molecule has 2 saturated carbocycles. The number of carbonyl (C=O) groups is 1. The van der Waals surface area contributed by atoms with E-state index in [4.69, 9.17) is 9.47 Å². The number of benzene rings is 1. The van der Waals surface area contributed by atoms with Gasteiger partial charge in [-0.25, -0.2) is 0 Å². The highest BCUT2D eigenvalue weighted by atomic mass is 16.6. The fraction of sp³-hybridized carbons (Fsp3) is 0.654. The molecule has 0 bridgehead atoms. The van der Waals surface area contributed by atoms with Crippen LogP contribution in [0, 0.1) is 23.2 Å². The molecule has 0 radical (unpaired) electrons. The summed E-state index contributed by atoms with van der Waals surface area (Å²) in [6, 6.07) is 3.96. The number of phenolic OH excluding ortho intramolecular Hbond substituents is 1. The van der Waals surface area contributed by atoms with Gasteiger partial charge in [-0.15, -0.1) is 0 Å². The Morgan fingerprint density at radius 3 is 2.94 bits per heavy atom.